The number of sulfonamides is 1. The topological polar surface area (TPSA) is 150 Å². The SMILES string of the molecule is COc1cccc(OC)c1-n1c(NS(=O)(=O)[C@@H](C)[C@H](C)c2ncc(C)cn2)nnc1[C@H]1NC(=O)c2ccccc21. The van der Waals surface area contributed by atoms with Crippen molar-refractivity contribution < 1.29 is 22.7 Å². The minimum Gasteiger partial charge on any atom is -0.494 e. The molecule has 0 fully saturated rings. The van der Waals surface area contributed by atoms with E-state index in [9.17, 15) is 13.2 Å². The van der Waals surface area contributed by atoms with E-state index in [-0.39, 0.29) is 17.7 Å². The number of nitrogens with zero attached hydrogens (tertiary/aromatic N) is 5. The summed E-state index contributed by atoms with van der Waals surface area (Å²) in [6.45, 7) is 5.19. The third-order valence-corrected chi connectivity index (χ3v) is 8.85. The summed E-state index contributed by atoms with van der Waals surface area (Å²) in [5, 5.41) is 10.6. The smallest absolute Gasteiger partial charge is 0.252 e. The van der Waals surface area contributed by atoms with Crippen LogP contribution in [0.5, 0.6) is 11.5 Å². The number of methoxy groups -OCH3 is 2. The summed E-state index contributed by atoms with van der Waals surface area (Å²) in [7, 11) is -1.06. The molecule has 1 aliphatic rings. The lowest BCUT2D eigenvalue weighted by molar-refractivity contribution is 0.0959. The minimum absolute atomic E-state index is 0.0969. The van der Waals surface area contributed by atoms with E-state index in [1.807, 2.05) is 19.1 Å². The van der Waals surface area contributed by atoms with Gasteiger partial charge in [-0.15, -0.1) is 10.2 Å². The first-order valence-electron chi connectivity index (χ1n) is 12.5. The van der Waals surface area contributed by atoms with Crippen LogP contribution in [-0.4, -0.2) is 58.5 Å². The lowest BCUT2D eigenvalue weighted by Gasteiger charge is -2.22. The molecule has 1 amide bonds. The maximum atomic E-state index is 13.7. The molecule has 13 heteroatoms. The van der Waals surface area contributed by atoms with Gasteiger partial charge in [0.2, 0.25) is 16.0 Å². The highest BCUT2D eigenvalue weighted by Gasteiger charge is 2.37. The Labute approximate surface area is 231 Å². The number of ether oxygens (including phenoxy) is 2. The van der Waals surface area contributed by atoms with Crippen molar-refractivity contribution in [2.24, 2.45) is 0 Å². The van der Waals surface area contributed by atoms with Crippen molar-refractivity contribution in [3.63, 3.8) is 0 Å². The summed E-state index contributed by atoms with van der Waals surface area (Å²) in [5.41, 5.74) is 2.42. The number of amides is 1. The summed E-state index contributed by atoms with van der Waals surface area (Å²) in [5.74, 6) is 0.533. The lowest BCUT2D eigenvalue weighted by atomic mass is 10.0. The maximum Gasteiger partial charge on any atom is 0.252 e. The van der Waals surface area contributed by atoms with Crippen LogP contribution in [0.25, 0.3) is 5.69 Å². The highest BCUT2D eigenvalue weighted by atomic mass is 32.2. The number of carbonyl (C=O) groups excluding carboxylic acids is 1. The molecular weight excluding hydrogens is 534 g/mol. The van der Waals surface area contributed by atoms with E-state index in [1.165, 1.54) is 18.8 Å². The van der Waals surface area contributed by atoms with Gasteiger partial charge in [-0.1, -0.05) is 31.2 Å². The molecule has 0 saturated heterocycles. The first-order valence-corrected chi connectivity index (χ1v) is 14.1. The molecule has 4 aromatic rings. The molecule has 0 unspecified atom stereocenters. The fourth-order valence-electron chi connectivity index (χ4n) is 4.60. The summed E-state index contributed by atoms with van der Waals surface area (Å²) in [6, 6.07) is 11.6. The van der Waals surface area contributed by atoms with Crippen molar-refractivity contribution >= 4 is 21.9 Å². The summed E-state index contributed by atoms with van der Waals surface area (Å²) < 4.78 is 42.7. The number of rotatable bonds is 9. The average Bonchev–Trinajstić information content (AvgIpc) is 3.51. The van der Waals surface area contributed by atoms with Gasteiger partial charge in [-0.05, 0) is 43.2 Å². The van der Waals surface area contributed by atoms with Crippen molar-refractivity contribution in [3.8, 4) is 17.2 Å². The van der Waals surface area contributed by atoms with Gasteiger partial charge in [0.1, 0.15) is 29.1 Å². The Kier molecular flexibility index (Phi) is 7.15. The third-order valence-electron chi connectivity index (χ3n) is 7.00. The van der Waals surface area contributed by atoms with Gasteiger partial charge in [0.25, 0.3) is 5.91 Å². The van der Waals surface area contributed by atoms with E-state index < -0.39 is 27.2 Å². The Bertz CT molecular complexity index is 1650. The molecular formula is C27H29N7O5S. The van der Waals surface area contributed by atoms with E-state index in [4.69, 9.17) is 9.47 Å². The fraction of sp³-hybridized carbons (Fsp3) is 0.296. The van der Waals surface area contributed by atoms with Crippen molar-refractivity contribution in [2.45, 2.75) is 38.0 Å². The molecule has 2 aromatic heterocycles. The fourth-order valence-corrected chi connectivity index (χ4v) is 5.84. The zero-order valence-corrected chi connectivity index (χ0v) is 23.4. The number of hydrogen-bond acceptors (Lipinski definition) is 9. The van der Waals surface area contributed by atoms with E-state index in [0.717, 1.165) is 5.56 Å². The van der Waals surface area contributed by atoms with Crippen molar-refractivity contribution in [3.05, 3.63) is 83.2 Å². The standard InChI is InChI=1S/C27H29N7O5S/c1-15-13-28-24(29-14-15)16(2)17(3)40(36,37)33-27-32-31-25(22-18-9-6-7-10-19(18)26(35)30-22)34(27)23-20(38-4)11-8-12-21(23)39-5/h6-14,16-17,22H,1-5H3,(H,30,35)(H,32,33)/t16-,17-,22-/m0/s1. The van der Waals surface area contributed by atoms with Gasteiger partial charge < -0.3 is 14.8 Å². The van der Waals surface area contributed by atoms with Crippen LogP contribution in [0.1, 0.15) is 58.9 Å². The molecule has 0 aliphatic carbocycles. The van der Waals surface area contributed by atoms with Gasteiger partial charge in [0.15, 0.2) is 5.82 Å². The molecule has 0 bridgehead atoms. The Morgan fingerprint density at radius 3 is 2.27 bits per heavy atom. The Morgan fingerprint density at radius 1 is 0.975 bits per heavy atom. The van der Waals surface area contributed by atoms with Crippen LogP contribution in [0, 0.1) is 6.92 Å². The van der Waals surface area contributed by atoms with Gasteiger partial charge in [-0.25, -0.2) is 18.4 Å². The molecule has 0 radical (unpaired) electrons. The molecule has 2 N–H and O–H groups in total. The first kappa shape index (κ1) is 27.1. The third kappa shape index (κ3) is 4.72. The number of hydrogen-bond donors (Lipinski definition) is 2. The van der Waals surface area contributed by atoms with Gasteiger partial charge in [0, 0.05) is 23.9 Å². The molecule has 3 heterocycles. The zero-order chi connectivity index (χ0) is 28.6. The number of fused-ring (bicyclic) bond motifs is 1. The minimum atomic E-state index is -4.04. The van der Waals surface area contributed by atoms with Crippen LogP contribution in [0.3, 0.4) is 0 Å². The summed E-state index contributed by atoms with van der Waals surface area (Å²) in [6.07, 6.45) is 3.30. The first-order chi connectivity index (χ1) is 19.2. The predicted octanol–water partition coefficient (Wildman–Crippen LogP) is 3.15. The number of nitrogens with one attached hydrogen (secondary N) is 2. The quantitative estimate of drug-likeness (QED) is 0.313. The molecule has 5 rings (SSSR count). The molecule has 40 heavy (non-hydrogen) atoms. The van der Waals surface area contributed by atoms with Crippen LogP contribution in [0.2, 0.25) is 0 Å². The second-order valence-corrected chi connectivity index (χ2v) is 11.5. The number of aryl methyl sites for hydroxylation is 1. The van der Waals surface area contributed by atoms with Crippen molar-refractivity contribution in [1.29, 1.82) is 0 Å². The van der Waals surface area contributed by atoms with Crippen LogP contribution in [0.15, 0.2) is 54.9 Å². The Balaban J connectivity index is 1.63. The second kappa shape index (κ2) is 10.6. The van der Waals surface area contributed by atoms with E-state index in [2.05, 4.69) is 30.2 Å². The van der Waals surface area contributed by atoms with Gasteiger partial charge >= 0.3 is 0 Å². The molecule has 12 nitrogen and oxygen atoms in total. The molecule has 3 atom stereocenters. The second-order valence-electron chi connectivity index (χ2n) is 9.48. The highest BCUT2D eigenvalue weighted by molar-refractivity contribution is 7.93. The van der Waals surface area contributed by atoms with Gasteiger partial charge in [-0.2, -0.15) is 0 Å². The molecule has 208 valence electrons. The van der Waals surface area contributed by atoms with Gasteiger partial charge in [0.05, 0.1) is 19.5 Å². The monoisotopic (exact) mass is 563 g/mol. The predicted molar refractivity (Wildman–Crippen MR) is 147 cm³/mol. The van der Waals surface area contributed by atoms with Crippen LogP contribution in [-0.2, 0) is 10.0 Å². The number of anilines is 1. The number of para-hydroxylation sites is 1. The Hall–Kier alpha value is -4.52. The molecule has 0 spiro atoms. The number of benzene rings is 2. The molecule has 0 saturated carbocycles. The van der Waals surface area contributed by atoms with E-state index in [1.54, 1.807) is 56.6 Å². The molecule has 1 aliphatic heterocycles. The average molecular weight is 564 g/mol. The summed E-state index contributed by atoms with van der Waals surface area (Å²) in [4.78, 5) is 21.4. The lowest BCUT2D eigenvalue weighted by Crippen LogP contribution is -2.32. The number of aromatic nitrogens is 5. The van der Waals surface area contributed by atoms with Crippen molar-refractivity contribution in [2.75, 3.05) is 18.9 Å². The van der Waals surface area contributed by atoms with Crippen LogP contribution >= 0.6 is 0 Å². The summed E-state index contributed by atoms with van der Waals surface area (Å²) >= 11 is 0. The highest BCUT2D eigenvalue weighted by Crippen LogP contribution is 2.39. The van der Waals surface area contributed by atoms with Crippen molar-refractivity contribution in [1.82, 2.24) is 30.0 Å². The Morgan fingerprint density at radius 2 is 1.62 bits per heavy atom. The zero-order valence-electron chi connectivity index (χ0n) is 22.6. The van der Waals surface area contributed by atoms with Gasteiger partial charge in [-0.3, -0.25) is 14.1 Å². The normalized spacial score (nSPS) is 16.1. The van der Waals surface area contributed by atoms with Crippen LogP contribution < -0.4 is 19.5 Å². The maximum absolute atomic E-state index is 13.7. The van der Waals surface area contributed by atoms with E-state index >= 15 is 0 Å². The largest absolute Gasteiger partial charge is 0.494 e. The van der Waals surface area contributed by atoms with E-state index in [0.29, 0.717) is 34.1 Å². The molecule has 2 aromatic carbocycles. The number of carbonyl (C=O) groups is 1. The van der Waals surface area contributed by atoms with Crippen LogP contribution in [0.4, 0.5) is 5.95 Å².